The third kappa shape index (κ3) is 14.3. The molecule has 19 heteroatoms. The Morgan fingerprint density at radius 1 is 1.22 bits per heavy atom. The third-order valence-corrected chi connectivity index (χ3v) is 8.92. The van der Waals surface area contributed by atoms with Crippen molar-refractivity contribution in [3.8, 4) is 0 Å². The van der Waals surface area contributed by atoms with E-state index in [-0.39, 0.29) is 161 Å². The minimum absolute atomic E-state index is 0. The molecule has 2 fully saturated rings. The number of carbonyl (C=O) groups excluding carboxylic acids is 1. The molecule has 0 bridgehead atoms. The molecule has 0 saturated heterocycles. The van der Waals surface area contributed by atoms with Gasteiger partial charge in [-0.3, -0.25) is 14.7 Å². The van der Waals surface area contributed by atoms with Gasteiger partial charge in [0, 0.05) is 43.4 Å². The van der Waals surface area contributed by atoms with Crippen molar-refractivity contribution in [3.05, 3.63) is 12.4 Å². The van der Waals surface area contributed by atoms with Gasteiger partial charge < -0.3 is 19.9 Å². The third-order valence-electron chi connectivity index (χ3n) is 7.02. The van der Waals surface area contributed by atoms with E-state index >= 15 is 0 Å². The fourth-order valence-corrected chi connectivity index (χ4v) is 6.62. The normalized spacial score (nSPS) is 25.0. The van der Waals surface area contributed by atoms with Crippen molar-refractivity contribution in [2.24, 2.45) is 10.2 Å². The summed E-state index contributed by atoms with van der Waals surface area (Å²) in [4.78, 5) is 18.8. The van der Waals surface area contributed by atoms with E-state index < -0.39 is 15.9 Å². The molecule has 2 aliphatic rings. The predicted molar refractivity (Wildman–Crippen MR) is 141 cm³/mol. The van der Waals surface area contributed by atoms with Crippen LogP contribution in [-0.2, 0) is 29.0 Å². The summed E-state index contributed by atoms with van der Waals surface area (Å²) in [5.74, 6) is -0.352. The molecule has 0 aromatic carbocycles. The monoisotopic (exact) mass is 684 g/mol. The van der Waals surface area contributed by atoms with E-state index in [0.29, 0.717) is 31.4 Å². The van der Waals surface area contributed by atoms with Gasteiger partial charge in [0.05, 0.1) is 45.3 Å². The van der Waals surface area contributed by atoms with Crippen molar-refractivity contribution in [1.29, 1.82) is 0 Å². The van der Waals surface area contributed by atoms with Gasteiger partial charge in [-0.15, -0.1) is 5.11 Å². The standard InChI is InChI=1S/C22H36N6O8S3.2K/c1-14(38-36-35-30)21-24-22(37-27-21)26-25-19-10-7-17(13-20(19)23-15(2)29)28(11-4-12-39(31,32)33)16-5-8-18(34-3)9-6-16;;/h16-20,30H,1,4-13H2,2-3H3,(H,23,29)(H,31,32,33);;/q;2*+1/p-2. The van der Waals surface area contributed by atoms with E-state index in [2.05, 4.69) is 45.8 Å². The maximum Gasteiger partial charge on any atom is 1.00 e. The Kier molecular flexibility index (Phi) is 20.6. The SMILES string of the molecule is C=C(SOO[O-])c1nsc(N=NC2CCC(N(CCCS(=O)(=O)[O-])C3CCC(OC)CC3)CC2NC(C)=O)n1.[K+].[K+]. The van der Waals surface area contributed by atoms with Crippen molar-refractivity contribution < 1.29 is 140 Å². The molecular weight excluding hydrogens is 651 g/mol. The van der Waals surface area contributed by atoms with Gasteiger partial charge in [-0.2, -0.15) is 18.8 Å². The fraction of sp³-hybridized carbons (Fsp3) is 0.773. The van der Waals surface area contributed by atoms with Crippen LogP contribution in [0.1, 0.15) is 64.1 Å². The Bertz CT molecular complexity index is 1090. The quantitative estimate of drug-likeness (QED) is 0.0501. The number of nitrogens with zero attached hydrogens (tertiary/aromatic N) is 5. The number of hydrogen-bond acceptors (Lipinski definition) is 15. The van der Waals surface area contributed by atoms with E-state index in [1.54, 1.807) is 7.11 Å². The molecule has 1 heterocycles. The van der Waals surface area contributed by atoms with Crippen molar-refractivity contribution in [3.63, 3.8) is 0 Å². The van der Waals surface area contributed by atoms with Crippen LogP contribution in [0.4, 0.5) is 5.13 Å². The molecule has 0 radical (unpaired) electrons. The Labute approximate surface area is 334 Å². The molecule has 1 aromatic heterocycles. The molecule has 0 spiro atoms. The number of rotatable bonds is 14. The van der Waals surface area contributed by atoms with Gasteiger partial charge in [0.2, 0.25) is 11.0 Å². The molecule has 0 aliphatic heterocycles. The fourth-order valence-electron chi connectivity index (χ4n) is 5.27. The second-order valence-corrected chi connectivity index (χ2v) is 12.7. The van der Waals surface area contributed by atoms with Gasteiger partial charge in [0.15, 0.2) is 5.82 Å². The Balaban J connectivity index is 0.00000420. The first kappa shape index (κ1) is 40.7. The summed E-state index contributed by atoms with van der Waals surface area (Å²) in [6.07, 6.45) is 6.18. The van der Waals surface area contributed by atoms with Crippen molar-refractivity contribution in [1.82, 2.24) is 19.6 Å². The Morgan fingerprint density at radius 2 is 1.90 bits per heavy atom. The summed E-state index contributed by atoms with van der Waals surface area (Å²) >= 11 is 1.59. The average Bonchev–Trinajstić information content (AvgIpc) is 3.37. The van der Waals surface area contributed by atoms with E-state index in [0.717, 1.165) is 43.6 Å². The minimum Gasteiger partial charge on any atom is -0.748 e. The number of nitrogens with one attached hydrogen (secondary N) is 1. The first-order valence-corrected chi connectivity index (χ1v) is 15.7. The largest absolute Gasteiger partial charge is 1.00 e. The van der Waals surface area contributed by atoms with Crippen LogP contribution in [-0.4, -0.2) is 82.8 Å². The Hall–Kier alpha value is 1.70. The second kappa shape index (κ2) is 20.8. The second-order valence-electron chi connectivity index (χ2n) is 9.62. The summed E-state index contributed by atoms with van der Waals surface area (Å²) in [5, 5.41) is 25.3. The molecule has 2 saturated carbocycles. The molecule has 2 aliphatic carbocycles. The number of methoxy groups -OCH3 is 1. The van der Waals surface area contributed by atoms with Crippen molar-refractivity contribution >= 4 is 49.6 Å². The molecule has 220 valence electrons. The van der Waals surface area contributed by atoms with Crippen molar-refractivity contribution in [2.45, 2.75) is 88.6 Å². The van der Waals surface area contributed by atoms with Crippen LogP contribution < -0.4 is 113 Å². The minimum atomic E-state index is -4.30. The topological polar surface area (TPSA) is 191 Å². The zero-order valence-corrected chi connectivity index (χ0v) is 32.6. The van der Waals surface area contributed by atoms with Crippen LogP contribution >= 0.6 is 23.6 Å². The number of hydrogen-bond donors (Lipinski definition) is 1. The number of aromatic nitrogens is 2. The summed E-state index contributed by atoms with van der Waals surface area (Å²) in [7, 11) is -2.58. The number of ether oxygens (including phenoxy) is 1. The molecular formula is C22H34K2N6O8S3. The van der Waals surface area contributed by atoms with E-state index in [9.17, 15) is 23.0 Å². The van der Waals surface area contributed by atoms with Crippen LogP contribution in [0, 0.1) is 0 Å². The van der Waals surface area contributed by atoms with Crippen LogP contribution in [0.15, 0.2) is 16.8 Å². The van der Waals surface area contributed by atoms with Gasteiger partial charge in [-0.1, -0.05) is 6.58 Å². The molecule has 3 atom stereocenters. The maximum absolute atomic E-state index is 12.0. The first-order valence-electron chi connectivity index (χ1n) is 12.7. The van der Waals surface area contributed by atoms with Crippen LogP contribution in [0.25, 0.3) is 4.91 Å². The van der Waals surface area contributed by atoms with Crippen LogP contribution in [0.5, 0.6) is 0 Å². The summed E-state index contributed by atoms with van der Waals surface area (Å²) in [6.45, 7) is 5.64. The van der Waals surface area contributed by atoms with E-state index in [4.69, 9.17) is 4.74 Å². The Morgan fingerprint density at radius 3 is 2.51 bits per heavy atom. The average molecular weight is 685 g/mol. The van der Waals surface area contributed by atoms with Gasteiger partial charge in [0.1, 0.15) is 0 Å². The molecule has 14 nitrogen and oxygen atoms in total. The molecule has 1 amide bonds. The van der Waals surface area contributed by atoms with Gasteiger partial charge in [-0.05, 0) is 57.9 Å². The summed E-state index contributed by atoms with van der Waals surface area (Å²) in [5.41, 5.74) is 0. The van der Waals surface area contributed by atoms with Gasteiger partial charge >= 0.3 is 103 Å². The van der Waals surface area contributed by atoms with Gasteiger partial charge in [-0.25, -0.2) is 8.42 Å². The number of amides is 1. The predicted octanol–water partition coefficient (Wildman–Crippen LogP) is -3.91. The zero-order valence-electron chi connectivity index (χ0n) is 23.9. The van der Waals surface area contributed by atoms with E-state index in [1.165, 1.54) is 6.92 Å². The number of azo groups is 1. The van der Waals surface area contributed by atoms with Crippen molar-refractivity contribution in [2.75, 3.05) is 19.4 Å². The summed E-state index contributed by atoms with van der Waals surface area (Å²) in [6, 6.07) is -0.246. The van der Waals surface area contributed by atoms with Crippen LogP contribution in [0.3, 0.4) is 0 Å². The maximum atomic E-state index is 12.0. The molecule has 3 unspecified atom stereocenters. The molecule has 41 heavy (non-hydrogen) atoms. The van der Waals surface area contributed by atoms with Crippen LogP contribution in [0.2, 0.25) is 0 Å². The summed E-state index contributed by atoms with van der Waals surface area (Å²) < 4.78 is 47.6. The smallest absolute Gasteiger partial charge is 0.748 e. The first-order chi connectivity index (χ1) is 18.6. The molecule has 1 aromatic rings. The van der Waals surface area contributed by atoms with Gasteiger partial charge in [0.25, 0.3) is 0 Å². The molecule has 1 N–H and O–H groups in total. The zero-order chi connectivity index (χ0) is 28.4. The van der Waals surface area contributed by atoms with E-state index in [1.807, 2.05) is 0 Å². The molecule has 3 rings (SSSR count). The number of carbonyl (C=O) groups is 1.